The Kier molecular flexibility index (Phi) is 5.35. The maximum atomic E-state index is 12.9. The third-order valence-corrected chi connectivity index (χ3v) is 4.84. The van der Waals surface area contributed by atoms with Crippen molar-refractivity contribution in [3.8, 4) is 11.5 Å². The summed E-state index contributed by atoms with van der Waals surface area (Å²) in [6.07, 6.45) is 3.50. The lowest BCUT2D eigenvalue weighted by Gasteiger charge is -2.26. The molecule has 0 saturated carbocycles. The van der Waals surface area contributed by atoms with E-state index in [1.165, 1.54) is 0 Å². The van der Waals surface area contributed by atoms with Gasteiger partial charge in [0.15, 0.2) is 0 Å². The number of hydrogen-bond donors (Lipinski definition) is 1. The Hall–Kier alpha value is -3.18. The molecule has 1 aliphatic heterocycles. The predicted octanol–water partition coefficient (Wildman–Crippen LogP) is 5.46. The summed E-state index contributed by atoms with van der Waals surface area (Å²) in [6.45, 7) is 0. The van der Waals surface area contributed by atoms with Crippen LogP contribution in [0, 0.1) is 0 Å². The van der Waals surface area contributed by atoms with Gasteiger partial charge in [-0.1, -0.05) is 66.7 Å². The van der Waals surface area contributed by atoms with Gasteiger partial charge < -0.3 is 4.74 Å². The number of carbonyl (C=O) groups excluding carboxylic acids is 1. The summed E-state index contributed by atoms with van der Waals surface area (Å²) < 4.78 is 6.69. The van der Waals surface area contributed by atoms with Gasteiger partial charge in [0.05, 0.1) is 12.1 Å². The number of fused-ring (bicyclic) bond motifs is 2. The first-order valence-corrected chi connectivity index (χ1v) is 9.62. The molecule has 1 amide bonds. The van der Waals surface area contributed by atoms with Crippen LogP contribution in [0.25, 0.3) is 6.08 Å². The normalized spacial score (nSPS) is 13.5. The molecule has 0 saturated heterocycles. The standard InChI is InChI=1S/C23H17BrN2O2/c24-17(14-16-8-2-1-3-9-16)15-25-26-23(27)22-18-10-4-6-12-20(18)28-21-13-7-5-11-19(21)22/h1-15,22H,(H,26,27). The summed E-state index contributed by atoms with van der Waals surface area (Å²) in [5.74, 6) is 0.695. The molecule has 4 rings (SSSR count). The van der Waals surface area contributed by atoms with Crippen molar-refractivity contribution in [1.82, 2.24) is 5.43 Å². The molecule has 138 valence electrons. The Morgan fingerprint density at radius 3 is 2.11 bits per heavy atom. The van der Waals surface area contributed by atoms with Crippen LogP contribution in [0.1, 0.15) is 22.6 Å². The lowest BCUT2D eigenvalue weighted by molar-refractivity contribution is -0.121. The number of ether oxygens (including phenoxy) is 1. The molecule has 0 radical (unpaired) electrons. The van der Waals surface area contributed by atoms with Gasteiger partial charge in [-0.25, -0.2) is 5.43 Å². The lowest BCUT2D eigenvalue weighted by Crippen LogP contribution is -2.28. The minimum Gasteiger partial charge on any atom is -0.457 e. The van der Waals surface area contributed by atoms with Crippen molar-refractivity contribution in [2.45, 2.75) is 5.92 Å². The van der Waals surface area contributed by atoms with Crippen LogP contribution < -0.4 is 10.2 Å². The van der Waals surface area contributed by atoms with Crippen molar-refractivity contribution in [2.24, 2.45) is 5.10 Å². The van der Waals surface area contributed by atoms with E-state index in [-0.39, 0.29) is 5.91 Å². The molecule has 1 N–H and O–H groups in total. The molecule has 5 heteroatoms. The lowest BCUT2D eigenvalue weighted by atomic mass is 9.87. The van der Waals surface area contributed by atoms with Crippen molar-refractivity contribution in [3.63, 3.8) is 0 Å². The van der Waals surface area contributed by atoms with E-state index in [2.05, 4.69) is 26.5 Å². The van der Waals surface area contributed by atoms with Crippen molar-refractivity contribution >= 4 is 34.1 Å². The number of halogens is 1. The van der Waals surface area contributed by atoms with Gasteiger partial charge in [-0.05, 0) is 39.7 Å². The van der Waals surface area contributed by atoms with Crippen LogP contribution in [-0.4, -0.2) is 12.1 Å². The Labute approximate surface area is 171 Å². The molecule has 0 bridgehead atoms. The molecule has 0 unspecified atom stereocenters. The molecule has 0 aromatic heterocycles. The van der Waals surface area contributed by atoms with E-state index in [4.69, 9.17) is 4.74 Å². The van der Waals surface area contributed by atoms with Gasteiger partial charge in [0.25, 0.3) is 5.91 Å². The molecular weight excluding hydrogens is 416 g/mol. The molecular formula is C23H17BrN2O2. The van der Waals surface area contributed by atoms with Crippen LogP contribution in [0.2, 0.25) is 0 Å². The molecule has 0 aliphatic carbocycles. The third-order valence-electron chi connectivity index (χ3n) is 4.41. The number of hydrazone groups is 1. The zero-order valence-corrected chi connectivity index (χ0v) is 16.5. The van der Waals surface area contributed by atoms with Gasteiger partial charge in [-0.15, -0.1) is 0 Å². The highest BCUT2D eigenvalue weighted by Gasteiger charge is 2.32. The number of nitrogens with zero attached hydrogens (tertiary/aromatic N) is 1. The van der Waals surface area contributed by atoms with Crippen molar-refractivity contribution in [2.75, 3.05) is 0 Å². The number of allylic oxidation sites excluding steroid dienone is 1. The fraction of sp³-hybridized carbons (Fsp3) is 0.0435. The molecule has 3 aromatic carbocycles. The van der Waals surface area contributed by atoms with Crippen LogP contribution >= 0.6 is 15.9 Å². The molecule has 0 atom stereocenters. The van der Waals surface area contributed by atoms with Gasteiger partial charge >= 0.3 is 0 Å². The van der Waals surface area contributed by atoms with Gasteiger partial charge in [-0.3, -0.25) is 4.79 Å². The number of amides is 1. The van der Waals surface area contributed by atoms with Crippen molar-refractivity contribution in [1.29, 1.82) is 0 Å². The van der Waals surface area contributed by atoms with Crippen molar-refractivity contribution < 1.29 is 9.53 Å². The second-order valence-corrected chi connectivity index (χ2v) is 7.20. The average Bonchev–Trinajstić information content (AvgIpc) is 2.72. The van der Waals surface area contributed by atoms with Gasteiger partial charge in [-0.2, -0.15) is 5.10 Å². The average molecular weight is 433 g/mol. The SMILES string of the molecule is O=C(NN=CC(Br)=Cc1ccccc1)C1c2ccccc2Oc2ccccc21. The maximum Gasteiger partial charge on any atom is 0.252 e. The van der Waals surface area contributed by atoms with E-state index in [1.807, 2.05) is 84.9 Å². The van der Waals surface area contributed by atoms with E-state index >= 15 is 0 Å². The molecule has 3 aromatic rings. The van der Waals surface area contributed by atoms with Crippen LogP contribution in [0.4, 0.5) is 0 Å². The van der Waals surface area contributed by atoms with Crippen LogP contribution in [0.15, 0.2) is 88.4 Å². The quantitative estimate of drug-likeness (QED) is 0.439. The van der Waals surface area contributed by atoms with E-state index in [0.717, 1.165) is 21.2 Å². The summed E-state index contributed by atoms with van der Waals surface area (Å²) in [4.78, 5) is 12.9. The zero-order chi connectivity index (χ0) is 19.3. The number of rotatable bonds is 4. The fourth-order valence-corrected chi connectivity index (χ4v) is 3.53. The summed E-state index contributed by atoms with van der Waals surface area (Å²) in [5.41, 5.74) is 5.35. The number of benzene rings is 3. The number of nitrogens with one attached hydrogen (secondary N) is 1. The van der Waals surface area contributed by atoms with E-state index in [9.17, 15) is 4.79 Å². The van der Waals surface area contributed by atoms with Gasteiger partial charge in [0.2, 0.25) is 0 Å². The summed E-state index contributed by atoms with van der Waals surface area (Å²) in [5, 5.41) is 4.11. The smallest absolute Gasteiger partial charge is 0.252 e. The second kappa shape index (κ2) is 8.23. The topological polar surface area (TPSA) is 50.7 Å². The second-order valence-electron chi connectivity index (χ2n) is 6.28. The van der Waals surface area contributed by atoms with Crippen molar-refractivity contribution in [3.05, 3.63) is 100 Å². The fourth-order valence-electron chi connectivity index (χ4n) is 3.16. The largest absolute Gasteiger partial charge is 0.457 e. The number of para-hydroxylation sites is 2. The molecule has 0 spiro atoms. The molecule has 1 aliphatic rings. The van der Waals surface area contributed by atoms with Gasteiger partial charge in [0, 0.05) is 15.6 Å². The van der Waals surface area contributed by atoms with Crippen LogP contribution in [0.5, 0.6) is 11.5 Å². The summed E-state index contributed by atoms with van der Waals surface area (Å²) in [6, 6.07) is 25.0. The highest BCUT2D eigenvalue weighted by atomic mass is 79.9. The van der Waals surface area contributed by atoms with E-state index < -0.39 is 5.92 Å². The molecule has 4 nitrogen and oxygen atoms in total. The first-order valence-electron chi connectivity index (χ1n) is 8.83. The monoisotopic (exact) mass is 432 g/mol. The van der Waals surface area contributed by atoms with Gasteiger partial charge in [0.1, 0.15) is 11.5 Å². The first-order chi connectivity index (χ1) is 13.7. The Morgan fingerprint density at radius 2 is 1.46 bits per heavy atom. The Bertz CT molecular complexity index is 1020. The molecule has 28 heavy (non-hydrogen) atoms. The Balaban J connectivity index is 1.55. The Morgan fingerprint density at radius 1 is 0.893 bits per heavy atom. The van der Waals surface area contributed by atoms with E-state index in [1.54, 1.807) is 6.21 Å². The first kappa shape index (κ1) is 18.2. The number of hydrogen-bond acceptors (Lipinski definition) is 3. The zero-order valence-electron chi connectivity index (χ0n) is 14.9. The minimum absolute atomic E-state index is 0.209. The molecule has 0 fully saturated rings. The highest BCUT2D eigenvalue weighted by Crippen LogP contribution is 2.43. The molecule has 1 heterocycles. The van der Waals surface area contributed by atoms with E-state index in [0.29, 0.717) is 11.5 Å². The maximum absolute atomic E-state index is 12.9. The number of carbonyl (C=O) groups is 1. The van der Waals surface area contributed by atoms with Crippen LogP contribution in [0.3, 0.4) is 0 Å². The summed E-state index contributed by atoms with van der Waals surface area (Å²) >= 11 is 3.45. The summed E-state index contributed by atoms with van der Waals surface area (Å²) in [7, 11) is 0. The third kappa shape index (κ3) is 3.89. The van der Waals surface area contributed by atoms with Crippen LogP contribution in [-0.2, 0) is 4.79 Å². The highest BCUT2D eigenvalue weighted by molar-refractivity contribution is 9.12. The predicted molar refractivity (Wildman–Crippen MR) is 115 cm³/mol. The minimum atomic E-state index is -0.477.